The van der Waals surface area contributed by atoms with Gasteiger partial charge in [0, 0.05) is 10.6 Å². The Hall–Kier alpha value is -2.65. The molecule has 5 nitrogen and oxygen atoms in total. The molecule has 0 fully saturated rings. The number of aromatic amines is 1. The Balaban J connectivity index is 1.81. The maximum Gasteiger partial charge on any atom is 0.416 e. The maximum atomic E-state index is 13.1. The normalized spacial score (nSPS) is 12.5. The predicted molar refractivity (Wildman–Crippen MR) is 115 cm³/mol. The van der Waals surface area contributed by atoms with Crippen LogP contribution in [0.5, 0.6) is 0 Å². The molecule has 3 aromatic rings. The number of nitrogens with zero attached hydrogens (tertiary/aromatic N) is 2. The lowest BCUT2D eigenvalue weighted by molar-refractivity contribution is -0.137. The summed E-state index contributed by atoms with van der Waals surface area (Å²) in [5.74, 6) is 0.0755. The van der Waals surface area contributed by atoms with E-state index in [-0.39, 0.29) is 17.2 Å². The van der Waals surface area contributed by atoms with Gasteiger partial charge in [-0.2, -0.15) is 18.3 Å². The third-order valence-corrected chi connectivity index (χ3v) is 5.25. The fraction of sp³-hybridized carbons (Fsp3) is 0.286. The Kier molecular flexibility index (Phi) is 7.17. The number of aromatic nitrogens is 3. The van der Waals surface area contributed by atoms with Crippen LogP contribution in [0.4, 0.5) is 13.2 Å². The fourth-order valence-corrected chi connectivity index (χ4v) is 3.53. The number of amides is 1. The molecule has 1 atom stereocenters. The standard InChI is InChI=1S/C21H20ClF3N4OS/c1-2-4-17(14-5-3-6-15(11-14)21(23,24)25)26-18(30)12-29-19(27-28-20(29)31)13-7-9-16(22)10-8-13/h3,5-11,17H,2,4,12H2,1H3,(H,26,30)(H,28,31)/t17-/m0/s1. The lowest BCUT2D eigenvalue weighted by atomic mass is 10.00. The first-order valence-electron chi connectivity index (χ1n) is 9.56. The summed E-state index contributed by atoms with van der Waals surface area (Å²) in [6.45, 7) is 1.77. The number of halogens is 4. The van der Waals surface area contributed by atoms with E-state index in [0.29, 0.717) is 34.8 Å². The van der Waals surface area contributed by atoms with Crippen molar-refractivity contribution in [3.05, 3.63) is 69.5 Å². The fourth-order valence-electron chi connectivity index (χ4n) is 3.21. The van der Waals surface area contributed by atoms with Crippen molar-refractivity contribution in [2.24, 2.45) is 0 Å². The number of hydrogen-bond acceptors (Lipinski definition) is 3. The van der Waals surface area contributed by atoms with Gasteiger partial charge >= 0.3 is 6.18 Å². The first-order valence-corrected chi connectivity index (χ1v) is 10.4. The quantitative estimate of drug-likeness (QED) is 0.422. The van der Waals surface area contributed by atoms with E-state index < -0.39 is 17.8 Å². The maximum absolute atomic E-state index is 13.1. The van der Waals surface area contributed by atoms with E-state index >= 15 is 0 Å². The molecule has 1 amide bonds. The lowest BCUT2D eigenvalue weighted by Gasteiger charge is -2.20. The molecule has 10 heteroatoms. The Morgan fingerprint density at radius 1 is 1.26 bits per heavy atom. The molecule has 2 aromatic carbocycles. The van der Waals surface area contributed by atoms with Crippen molar-refractivity contribution in [3.63, 3.8) is 0 Å². The molecule has 2 N–H and O–H groups in total. The van der Waals surface area contributed by atoms with Gasteiger partial charge in [-0.05, 0) is 60.6 Å². The van der Waals surface area contributed by atoms with Crippen molar-refractivity contribution in [1.82, 2.24) is 20.1 Å². The highest BCUT2D eigenvalue weighted by molar-refractivity contribution is 7.71. The largest absolute Gasteiger partial charge is 0.416 e. The van der Waals surface area contributed by atoms with Crippen molar-refractivity contribution in [2.75, 3.05) is 0 Å². The van der Waals surface area contributed by atoms with E-state index in [0.717, 1.165) is 12.1 Å². The number of H-pyrrole nitrogens is 1. The van der Waals surface area contributed by atoms with Crippen LogP contribution >= 0.6 is 23.8 Å². The van der Waals surface area contributed by atoms with E-state index in [1.165, 1.54) is 10.6 Å². The molecule has 0 aliphatic heterocycles. The van der Waals surface area contributed by atoms with E-state index in [2.05, 4.69) is 15.5 Å². The van der Waals surface area contributed by atoms with Gasteiger partial charge in [-0.1, -0.05) is 37.1 Å². The molecule has 0 saturated heterocycles. The number of hydrogen-bond donors (Lipinski definition) is 2. The zero-order valence-corrected chi connectivity index (χ0v) is 18.1. The third kappa shape index (κ3) is 5.74. The van der Waals surface area contributed by atoms with Gasteiger partial charge in [0.05, 0.1) is 11.6 Å². The molecule has 1 heterocycles. The summed E-state index contributed by atoms with van der Waals surface area (Å²) < 4.78 is 41.0. The Labute approximate surface area is 187 Å². The summed E-state index contributed by atoms with van der Waals surface area (Å²) in [5, 5.41) is 10.2. The topological polar surface area (TPSA) is 62.7 Å². The highest BCUT2D eigenvalue weighted by Crippen LogP contribution is 2.31. The van der Waals surface area contributed by atoms with Crippen molar-refractivity contribution >= 4 is 29.7 Å². The zero-order valence-electron chi connectivity index (χ0n) is 16.5. The summed E-state index contributed by atoms with van der Waals surface area (Å²) >= 11 is 11.2. The molecule has 0 bridgehead atoms. The van der Waals surface area contributed by atoms with Crippen LogP contribution in [0.15, 0.2) is 48.5 Å². The van der Waals surface area contributed by atoms with E-state index in [1.54, 1.807) is 30.3 Å². The predicted octanol–water partition coefficient (Wildman–Crippen LogP) is 5.94. The third-order valence-electron chi connectivity index (χ3n) is 4.69. The summed E-state index contributed by atoms with van der Waals surface area (Å²) in [6.07, 6.45) is -3.27. The second-order valence-corrected chi connectivity index (χ2v) is 7.80. The number of rotatable bonds is 7. The van der Waals surface area contributed by atoms with Gasteiger partial charge in [-0.15, -0.1) is 0 Å². The molecule has 0 spiro atoms. The minimum absolute atomic E-state index is 0.132. The number of alkyl halides is 3. The van der Waals surface area contributed by atoms with Gasteiger partial charge in [0.15, 0.2) is 10.6 Å². The molecule has 0 saturated carbocycles. The van der Waals surface area contributed by atoms with Crippen LogP contribution in [0.1, 0.15) is 36.9 Å². The first-order chi connectivity index (χ1) is 14.7. The number of nitrogens with one attached hydrogen (secondary N) is 2. The average Bonchev–Trinajstić information content (AvgIpc) is 3.08. The molecule has 0 aliphatic carbocycles. The lowest BCUT2D eigenvalue weighted by Crippen LogP contribution is -2.32. The van der Waals surface area contributed by atoms with Crippen LogP contribution in [0.3, 0.4) is 0 Å². The highest BCUT2D eigenvalue weighted by Gasteiger charge is 2.31. The van der Waals surface area contributed by atoms with Gasteiger partial charge in [0.25, 0.3) is 0 Å². The van der Waals surface area contributed by atoms with Gasteiger partial charge in [-0.3, -0.25) is 14.5 Å². The SMILES string of the molecule is CCC[C@H](NC(=O)Cn1c(-c2ccc(Cl)cc2)n[nH]c1=S)c1cccc(C(F)(F)F)c1. The summed E-state index contributed by atoms with van der Waals surface area (Å²) in [7, 11) is 0. The molecule has 31 heavy (non-hydrogen) atoms. The Morgan fingerprint density at radius 2 is 1.97 bits per heavy atom. The first kappa shape index (κ1) is 23.0. The molecule has 0 unspecified atom stereocenters. The van der Waals surface area contributed by atoms with Crippen LogP contribution < -0.4 is 5.32 Å². The van der Waals surface area contributed by atoms with Gasteiger partial charge in [0.1, 0.15) is 6.54 Å². The van der Waals surface area contributed by atoms with Gasteiger partial charge < -0.3 is 5.32 Å². The Bertz CT molecular complexity index is 1110. The van der Waals surface area contributed by atoms with Crippen LogP contribution in [0.25, 0.3) is 11.4 Å². The monoisotopic (exact) mass is 468 g/mol. The van der Waals surface area contributed by atoms with Gasteiger partial charge in [0.2, 0.25) is 5.91 Å². The summed E-state index contributed by atoms with van der Waals surface area (Å²) in [5.41, 5.74) is 0.369. The van der Waals surface area contributed by atoms with Crippen molar-refractivity contribution in [1.29, 1.82) is 0 Å². The number of benzene rings is 2. The van der Waals surface area contributed by atoms with E-state index in [9.17, 15) is 18.0 Å². The molecule has 164 valence electrons. The zero-order chi connectivity index (χ0) is 22.6. The van der Waals surface area contributed by atoms with Crippen molar-refractivity contribution in [3.8, 4) is 11.4 Å². The molecule has 0 aliphatic rings. The average molecular weight is 469 g/mol. The molecular weight excluding hydrogens is 449 g/mol. The van der Waals surface area contributed by atoms with E-state index in [4.69, 9.17) is 23.8 Å². The second kappa shape index (κ2) is 9.65. The van der Waals surface area contributed by atoms with Crippen molar-refractivity contribution in [2.45, 2.75) is 38.5 Å². The molecule has 3 rings (SSSR count). The van der Waals surface area contributed by atoms with Gasteiger partial charge in [-0.25, -0.2) is 0 Å². The van der Waals surface area contributed by atoms with E-state index in [1.807, 2.05) is 6.92 Å². The Morgan fingerprint density at radius 3 is 2.61 bits per heavy atom. The minimum Gasteiger partial charge on any atom is -0.348 e. The van der Waals surface area contributed by atoms with Crippen molar-refractivity contribution < 1.29 is 18.0 Å². The molecular formula is C21H20ClF3N4OS. The van der Waals surface area contributed by atoms with Crippen LogP contribution in [-0.2, 0) is 17.5 Å². The number of carbonyl (C=O) groups excluding carboxylic acids is 1. The highest BCUT2D eigenvalue weighted by atomic mass is 35.5. The van der Waals surface area contributed by atoms with Crippen LogP contribution in [-0.4, -0.2) is 20.7 Å². The summed E-state index contributed by atoms with van der Waals surface area (Å²) in [4.78, 5) is 12.8. The molecule has 0 radical (unpaired) electrons. The molecule has 1 aromatic heterocycles. The van der Waals surface area contributed by atoms with Crippen LogP contribution in [0.2, 0.25) is 5.02 Å². The minimum atomic E-state index is -4.45. The summed E-state index contributed by atoms with van der Waals surface area (Å²) in [6, 6.07) is 11.4. The smallest absolute Gasteiger partial charge is 0.348 e. The van der Waals surface area contributed by atoms with Crippen LogP contribution in [0, 0.1) is 4.77 Å². The second-order valence-electron chi connectivity index (χ2n) is 6.98. The number of carbonyl (C=O) groups is 1.